The van der Waals surface area contributed by atoms with Gasteiger partial charge in [-0.05, 0) is 87.2 Å². The first kappa shape index (κ1) is 23.7. The number of amidine groups is 1. The number of carbonyl (C=O) groups is 1. The highest BCUT2D eigenvalue weighted by Gasteiger charge is 2.36. The fraction of sp³-hybridized carbons (Fsp3) is 0.385. The lowest BCUT2D eigenvalue weighted by atomic mass is 9.79. The van der Waals surface area contributed by atoms with Gasteiger partial charge in [0.25, 0.3) is 5.91 Å². The van der Waals surface area contributed by atoms with E-state index in [-0.39, 0.29) is 11.4 Å². The Labute approximate surface area is 205 Å². The summed E-state index contributed by atoms with van der Waals surface area (Å²) < 4.78 is 5.75. The summed E-state index contributed by atoms with van der Waals surface area (Å²) in [4.78, 5) is 20.3. The molecule has 0 radical (unpaired) electrons. The molecule has 1 unspecified atom stereocenters. The minimum absolute atomic E-state index is 0.0805. The molecule has 174 valence electrons. The predicted octanol–water partition coefficient (Wildman–Crippen LogP) is 6.66. The first-order chi connectivity index (χ1) is 15.6. The summed E-state index contributed by atoms with van der Waals surface area (Å²) in [5, 5.41) is 4.02. The summed E-state index contributed by atoms with van der Waals surface area (Å²) in [6, 6.07) is 9.84. The Bertz CT molecular complexity index is 1170. The minimum atomic E-state index is -0.164. The van der Waals surface area contributed by atoms with Gasteiger partial charge in [-0.3, -0.25) is 4.79 Å². The Morgan fingerprint density at radius 3 is 2.79 bits per heavy atom. The highest BCUT2D eigenvalue weighted by Crippen LogP contribution is 2.46. The molecule has 0 saturated carbocycles. The molecule has 2 aliphatic rings. The zero-order chi connectivity index (χ0) is 23.9. The van der Waals surface area contributed by atoms with Gasteiger partial charge in [-0.1, -0.05) is 24.6 Å². The number of rotatable bonds is 4. The normalized spacial score (nSPS) is 22.0. The van der Waals surface area contributed by atoms with E-state index in [4.69, 9.17) is 16.3 Å². The summed E-state index contributed by atoms with van der Waals surface area (Å²) in [6.45, 7) is 11.9. The summed E-state index contributed by atoms with van der Waals surface area (Å²) in [7, 11) is 1.67. The molecule has 0 bridgehead atoms. The van der Waals surface area contributed by atoms with Crippen LogP contribution in [0.15, 0.2) is 40.2 Å². The Morgan fingerprint density at radius 1 is 1.33 bits per heavy atom. The van der Waals surface area contributed by atoms with Crippen molar-refractivity contribution in [3.8, 4) is 5.75 Å². The van der Waals surface area contributed by atoms with Crippen LogP contribution in [0.2, 0.25) is 5.02 Å². The molecule has 2 heterocycles. The van der Waals surface area contributed by atoms with Crippen LogP contribution in [0.3, 0.4) is 0 Å². The van der Waals surface area contributed by atoms with Gasteiger partial charge in [-0.15, -0.1) is 0 Å². The Morgan fingerprint density at radius 2 is 2.09 bits per heavy atom. The lowest BCUT2D eigenvalue weighted by Crippen LogP contribution is -2.48. The third-order valence-corrected chi connectivity index (χ3v) is 7.53. The van der Waals surface area contributed by atoms with Crippen LogP contribution in [0.4, 0.5) is 11.4 Å². The van der Waals surface area contributed by atoms with Gasteiger partial charge in [0.05, 0.1) is 17.7 Å². The number of thioether (sulfide) groups is 1. The van der Waals surface area contributed by atoms with Gasteiger partial charge in [0.2, 0.25) is 0 Å². The Hall–Kier alpha value is -2.44. The number of fused-ring (bicyclic) bond motifs is 1. The molecule has 1 atom stereocenters. The number of methoxy groups -OCH3 is 1. The van der Waals surface area contributed by atoms with E-state index >= 15 is 0 Å². The predicted molar refractivity (Wildman–Crippen MR) is 140 cm³/mol. The number of anilines is 1. The van der Waals surface area contributed by atoms with Gasteiger partial charge in [-0.2, -0.15) is 0 Å². The monoisotopic (exact) mass is 483 g/mol. The van der Waals surface area contributed by atoms with E-state index in [0.29, 0.717) is 21.0 Å². The molecule has 1 N–H and O–H groups in total. The zero-order valence-electron chi connectivity index (χ0n) is 20.0. The lowest BCUT2D eigenvalue weighted by molar-refractivity contribution is -0.115. The molecule has 1 saturated heterocycles. The van der Waals surface area contributed by atoms with E-state index in [1.165, 1.54) is 23.0 Å². The topological polar surface area (TPSA) is 53.9 Å². The number of nitrogens with zero attached hydrogens (tertiary/aromatic N) is 2. The van der Waals surface area contributed by atoms with Crippen molar-refractivity contribution in [3.63, 3.8) is 0 Å². The molecule has 33 heavy (non-hydrogen) atoms. The van der Waals surface area contributed by atoms with E-state index < -0.39 is 0 Å². The molecule has 1 amide bonds. The zero-order valence-corrected chi connectivity index (χ0v) is 21.5. The first-order valence-electron chi connectivity index (χ1n) is 11.2. The van der Waals surface area contributed by atoms with Gasteiger partial charge in [0.1, 0.15) is 5.75 Å². The molecule has 0 aromatic heterocycles. The molecule has 0 aliphatic carbocycles. The quantitative estimate of drug-likeness (QED) is 0.494. The van der Waals surface area contributed by atoms with Gasteiger partial charge in [-0.25, -0.2) is 4.99 Å². The molecule has 5 nitrogen and oxygen atoms in total. The standard InChI is InChI=1S/C26H30ClN3O2S/c1-7-30-21-13-22(32-6)17(10-19(21)16(3)14-26(30,4)5)11-23-24(31)29-25(33-23)28-20-12-18(27)9-8-15(20)2/h8-13,16H,7,14H2,1-6H3,(H,28,29,31)/b23-11+. The van der Waals surface area contributed by atoms with E-state index in [1.807, 2.05) is 25.1 Å². The van der Waals surface area contributed by atoms with E-state index in [2.05, 4.69) is 55.0 Å². The van der Waals surface area contributed by atoms with Crippen molar-refractivity contribution in [2.24, 2.45) is 4.99 Å². The minimum Gasteiger partial charge on any atom is -0.496 e. The molecular weight excluding hydrogens is 454 g/mol. The Balaban J connectivity index is 1.71. The van der Waals surface area contributed by atoms with Crippen LogP contribution in [0.1, 0.15) is 56.7 Å². The second kappa shape index (κ2) is 9.07. The van der Waals surface area contributed by atoms with Gasteiger partial charge >= 0.3 is 0 Å². The number of aliphatic imine (C=N–C) groups is 1. The van der Waals surface area contributed by atoms with Crippen molar-refractivity contribution in [2.45, 2.75) is 52.5 Å². The van der Waals surface area contributed by atoms with Crippen LogP contribution in [-0.4, -0.2) is 30.3 Å². The van der Waals surface area contributed by atoms with E-state index in [9.17, 15) is 4.79 Å². The van der Waals surface area contributed by atoms with Crippen molar-refractivity contribution in [1.29, 1.82) is 0 Å². The summed E-state index contributed by atoms with van der Waals surface area (Å²) in [5.41, 5.74) is 5.22. The fourth-order valence-electron chi connectivity index (χ4n) is 4.85. The highest BCUT2D eigenvalue weighted by atomic mass is 35.5. The smallest absolute Gasteiger partial charge is 0.264 e. The second-order valence-corrected chi connectivity index (χ2v) is 10.7. The van der Waals surface area contributed by atoms with E-state index in [1.54, 1.807) is 13.2 Å². The Kier molecular flexibility index (Phi) is 6.52. The number of aryl methyl sites for hydroxylation is 1. The molecule has 7 heteroatoms. The van der Waals surface area contributed by atoms with Gasteiger partial charge in [0.15, 0.2) is 5.17 Å². The maximum absolute atomic E-state index is 12.7. The van der Waals surface area contributed by atoms with Gasteiger partial charge in [0, 0.05) is 34.4 Å². The van der Waals surface area contributed by atoms with Crippen LogP contribution in [0.25, 0.3) is 6.08 Å². The number of amides is 1. The third-order valence-electron chi connectivity index (χ3n) is 6.38. The van der Waals surface area contributed by atoms with Crippen LogP contribution in [0, 0.1) is 6.92 Å². The number of hydrogen-bond acceptors (Lipinski definition) is 5. The average Bonchev–Trinajstić information content (AvgIpc) is 3.09. The molecule has 1 fully saturated rings. The summed E-state index contributed by atoms with van der Waals surface area (Å²) >= 11 is 7.44. The molecule has 0 spiro atoms. The fourth-order valence-corrected chi connectivity index (χ4v) is 5.84. The number of benzene rings is 2. The maximum atomic E-state index is 12.7. The van der Waals surface area contributed by atoms with Crippen molar-refractivity contribution < 1.29 is 9.53 Å². The number of hydrogen-bond donors (Lipinski definition) is 1. The highest BCUT2D eigenvalue weighted by molar-refractivity contribution is 8.18. The third kappa shape index (κ3) is 4.64. The number of halogens is 1. The SMILES string of the molecule is CCN1c2cc(OC)c(/C=C3/SC(=Nc4cc(Cl)ccc4C)NC3=O)cc2C(C)CC1(C)C. The molecular formula is C26H30ClN3O2S. The van der Waals surface area contributed by atoms with Crippen molar-refractivity contribution in [3.05, 3.63) is 56.9 Å². The van der Waals surface area contributed by atoms with Crippen LogP contribution >= 0.6 is 23.4 Å². The van der Waals surface area contributed by atoms with Crippen LogP contribution in [-0.2, 0) is 4.79 Å². The maximum Gasteiger partial charge on any atom is 0.264 e. The van der Waals surface area contributed by atoms with Crippen LogP contribution < -0.4 is 15.0 Å². The van der Waals surface area contributed by atoms with Crippen molar-refractivity contribution in [1.82, 2.24) is 5.32 Å². The molecule has 2 aliphatic heterocycles. The number of ether oxygens (including phenoxy) is 1. The van der Waals surface area contributed by atoms with Crippen molar-refractivity contribution in [2.75, 3.05) is 18.6 Å². The average molecular weight is 484 g/mol. The van der Waals surface area contributed by atoms with Crippen molar-refractivity contribution >= 4 is 51.9 Å². The largest absolute Gasteiger partial charge is 0.496 e. The van der Waals surface area contributed by atoms with E-state index in [0.717, 1.165) is 35.5 Å². The second-order valence-electron chi connectivity index (χ2n) is 9.23. The first-order valence-corrected chi connectivity index (χ1v) is 12.4. The number of nitrogens with one attached hydrogen (secondary N) is 1. The molecule has 2 aromatic carbocycles. The molecule has 2 aromatic rings. The van der Waals surface area contributed by atoms with Crippen LogP contribution in [0.5, 0.6) is 5.75 Å². The van der Waals surface area contributed by atoms with Gasteiger partial charge < -0.3 is 15.0 Å². The summed E-state index contributed by atoms with van der Waals surface area (Å²) in [6.07, 6.45) is 2.97. The molecule has 4 rings (SSSR count). The number of carbonyl (C=O) groups excluding carboxylic acids is 1. The summed E-state index contributed by atoms with van der Waals surface area (Å²) in [5.74, 6) is 1.01. The lowest BCUT2D eigenvalue weighted by Gasteiger charge is -2.47.